The van der Waals surface area contributed by atoms with Crippen molar-refractivity contribution in [2.45, 2.75) is 55.4 Å². The summed E-state index contributed by atoms with van der Waals surface area (Å²) in [5.41, 5.74) is 42.7. The maximum atomic E-state index is 6.20. The Hall–Kier alpha value is -16.6. The zero-order chi connectivity index (χ0) is 88.7. The van der Waals surface area contributed by atoms with Crippen molar-refractivity contribution in [2.24, 2.45) is 0 Å². The number of benzene rings is 19. The first-order valence-electron chi connectivity index (χ1n) is 45.7. The van der Waals surface area contributed by atoms with Gasteiger partial charge < -0.3 is 18.3 Å². The largest absolute Gasteiger partial charge is 0.309 e. The van der Waals surface area contributed by atoms with Crippen molar-refractivity contribution in [3.8, 4) is 146 Å². The second-order valence-corrected chi connectivity index (χ2v) is 35.8. The van der Waals surface area contributed by atoms with E-state index in [1.807, 2.05) is 0 Å². The molecule has 0 spiro atoms. The Morgan fingerprint density at radius 1 is 0.144 bits per heavy atom. The van der Waals surface area contributed by atoms with Crippen LogP contribution in [0.1, 0.15) is 44.5 Å². The molecule has 0 atom stereocenters. The first kappa shape index (κ1) is 78.8. The molecule has 5 aromatic heterocycles. The fourth-order valence-corrected chi connectivity index (χ4v) is 21.1. The number of rotatable bonds is 15. The molecule has 24 aromatic rings. The lowest BCUT2D eigenvalue weighted by Gasteiger charge is -2.20. The van der Waals surface area contributed by atoms with Crippen molar-refractivity contribution in [1.82, 2.24) is 33.2 Å². The van der Waals surface area contributed by atoms with Crippen LogP contribution in [0.5, 0.6) is 0 Å². The summed E-state index contributed by atoms with van der Waals surface area (Å²) >= 11 is 0. The van der Waals surface area contributed by atoms with Gasteiger partial charge in [-0.15, -0.1) is 0 Å². The van der Waals surface area contributed by atoms with E-state index in [0.717, 1.165) is 171 Å². The van der Waals surface area contributed by atoms with Gasteiger partial charge in [-0.3, -0.25) is 0 Å². The van der Waals surface area contributed by atoms with Gasteiger partial charge in [-0.2, -0.15) is 0 Å². The van der Waals surface area contributed by atoms with E-state index in [1.54, 1.807) is 0 Å². The fraction of sp³-hybridized carbons (Fsp3) is 0.0640. The van der Waals surface area contributed by atoms with Gasteiger partial charge in [0.15, 0.2) is 17.5 Å². The van der Waals surface area contributed by atoms with E-state index in [0.29, 0.717) is 17.5 Å². The van der Waals surface area contributed by atoms with Crippen molar-refractivity contribution in [3.05, 3.63) is 451 Å². The van der Waals surface area contributed by atoms with Crippen molar-refractivity contribution >= 4 is 87.2 Å². The van der Waals surface area contributed by atoms with Crippen LogP contribution in [0.15, 0.2) is 406 Å². The van der Waals surface area contributed by atoms with E-state index in [2.05, 4.69) is 480 Å². The summed E-state index contributed by atoms with van der Waals surface area (Å²) in [5, 5.41) is 9.09. The van der Waals surface area contributed by atoms with Crippen molar-refractivity contribution in [1.29, 1.82) is 0 Å². The molecule has 0 fully saturated rings. The van der Waals surface area contributed by atoms with Crippen LogP contribution in [0.2, 0.25) is 0 Å². The van der Waals surface area contributed by atoms with Crippen molar-refractivity contribution in [2.75, 3.05) is 0 Å². The minimum atomic E-state index is 0.502. The van der Waals surface area contributed by atoms with Crippen LogP contribution < -0.4 is 0 Å². The van der Waals surface area contributed by atoms with E-state index in [-0.39, 0.29) is 0 Å². The van der Waals surface area contributed by atoms with Gasteiger partial charge in [0.2, 0.25) is 0 Å². The first-order valence-corrected chi connectivity index (χ1v) is 45.7. The first-order chi connectivity index (χ1) is 64.7. The lowest BCUT2D eigenvalue weighted by Crippen LogP contribution is -2.07. The molecule has 5 heterocycles. The summed E-state index contributed by atoms with van der Waals surface area (Å²) in [6.45, 7) is 17.7. The molecule has 0 aliphatic heterocycles. The Balaban J connectivity index is 0.839. The SMILES string of the molecule is Cc1ccccc1-c1ccc2c3ccc(-c4ccccc4C)cc3n(-c3ccc(-c4nc(-c5ccccc5)nc(-c5ccc(-n6c7cc(-c8ccccc8C)ccc7c7ccc(-c8ccccc8C)cc76)cc5-n5c6cc(-c7ccccc7C)ccc6c6ccc(-c7ccccc7C)cc65)n4)c(-n4c5cc(-c6ccccc6C)ccc5c5ccc(-c6ccccc6C)cc54)c3)c2c1. The lowest BCUT2D eigenvalue weighted by molar-refractivity contribution is 1.05. The van der Waals surface area contributed by atoms with Crippen molar-refractivity contribution in [3.63, 3.8) is 0 Å². The molecule has 0 bridgehead atoms. The van der Waals surface area contributed by atoms with Gasteiger partial charge in [0.05, 0.1) is 55.5 Å². The minimum Gasteiger partial charge on any atom is -0.309 e. The average molecular weight is 1690 g/mol. The topological polar surface area (TPSA) is 58.4 Å². The number of hydrogen-bond donors (Lipinski definition) is 0. The van der Waals surface area contributed by atoms with E-state index in [1.165, 1.54) is 89.0 Å². The summed E-state index contributed by atoms with van der Waals surface area (Å²) in [6, 6.07) is 151. The van der Waals surface area contributed by atoms with E-state index < -0.39 is 0 Å². The third-order valence-corrected chi connectivity index (χ3v) is 27.8. The highest BCUT2D eigenvalue weighted by molar-refractivity contribution is 6.16. The number of nitrogens with zero attached hydrogens (tertiary/aromatic N) is 7. The Bertz CT molecular complexity index is 7980. The summed E-state index contributed by atoms with van der Waals surface area (Å²) < 4.78 is 10.1. The lowest BCUT2D eigenvalue weighted by atomic mass is 9.98. The molecule has 0 unspecified atom stereocenters. The van der Waals surface area contributed by atoms with E-state index >= 15 is 0 Å². The molecule has 0 saturated heterocycles. The van der Waals surface area contributed by atoms with Crippen LogP contribution in [-0.4, -0.2) is 33.2 Å². The summed E-state index contributed by atoms with van der Waals surface area (Å²) in [6.07, 6.45) is 0. The van der Waals surface area contributed by atoms with Crippen LogP contribution in [0.3, 0.4) is 0 Å². The predicted molar refractivity (Wildman–Crippen MR) is 555 cm³/mol. The second kappa shape index (κ2) is 31.7. The maximum absolute atomic E-state index is 6.20. The zero-order valence-corrected chi connectivity index (χ0v) is 74.8. The molecule has 0 saturated carbocycles. The normalized spacial score (nSPS) is 11.8. The second-order valence-electron chi connectivity index (χ2n) is 35.8. The summed E-state index contributed by atoms with van der Waals surface area (Å²) in [5.74, 6) is 1.53. The molecule has 0 radical (unpaired) electrons. The molecular weight excluding hydrogens is 1600 g/mol. The summed E-state index contributed by atoms with van der Waals surface area (Å²) in [4.78, 5) is 18.1. The maximum Gasteiger partial charge on any atom is 0.166 e. The Kier molecular flexibility index (Phi) is 18.9. The number of aryl methyl sites for hydroxylation is 8. The Labute approximate surface area is 767 Å². The average Bonchev–Trinajstić information content (AvgIpc) is 1.55. The third kappa shape index (κ3) is 13.2. The molecule has 24 rings (SSSR count). The fourth-order valence-electron chi connectivity index (χ4n) is 21.1. The number of hydrogen-bond acceptors (Lipinski definition) is 3. The monoisotopic (exact) mass is 1690 g/mol. The number of aromatic nitrogens is 7. The molecule has 19 aromatic carbocycles. The predicted octanol–water partition coefficient (Wildman–Crippen LogP) is 33.1. The highest BCUT2D eigenvalue weighted by Crippen LogP contribution is 2.49. The molecule has 0 aliphatic carbocycles. The smallest absolute Gasteiger partial charge is 0.166 e. The molecular formula is C125H91N7. The van der Waals surface area contributed by atoms with E-state index in [9.17, 15) is 0 Å². The van der Waals surface area contributed by atoms with Crippen LogP contribution in [0.25, 0.3) is 233 Å². The highest BCUT2D eigenvalue weighted by atomic mass is 15.1. The minimum absolute atomic E-state index is 0.502. The molecule has 626 valence electrons. The molecule has 0 N–H and O–H groups in total. The van der Waals surface area contributed by atoms with Crippen LogP contribution in [0, 0.1) is 55.4 Å². The molecule has 0 amide bonds. The van der Waals surface area contributed by atoms with Gasteiger partial charge in [-0.05, 0) is 274 Å². The Morgan fingerprint density at radius 3 is 0.545 bits per heavy atom. The highest BCUT2D eigenvalue weighted by Gasteiger charge is 2.29. The molecule has 0 aliphatic rings. The van der Waals surface area contributed by atoms with Gasteiger partial charge in [0, 0.05) is 71.2 Å². The molecule has 7 nitrogen and oxygen atoms in total. The molecule has 132 heavy (non-hydrogen) atoms. The van der Waals surface area contributed by atoms with Crippen LogP contribution in [-0.2, 0) is 0 Å². The van der Waals surface area contributed by atoms with Crippen LogP contribution >= 0.6 is 0 Å². The molecule has 7 heteroatoms. The van der Waals surface area contributed by atoms with Gasteiger partial charge >= 0.3 is 0 Å². The van der Waals surface area contributed by atoms with Gasteiger partial charge in [-0.25, -0.2) is 15.0 Å². The standard InChI is InChI=1S/C125H91N7/c1-76-28-12-20-38-95(76)85-46-56-103-104-57-47-86(96-39-21-13-29-77(96)2)67-114(104)129(113(103)66-85)93-54-64-111(121(74-93)131-117-70-89(99-42-24-16-32-80(99)5)50-60-107(117)108-61-51-90(71-118(108)131)100-43-25-17-33-81(100)6)124-126-123(84-36-10-9-11-37-84)127-125(128-124)112-65-55-94(130-115-68-87(97-40-22-14-30-78(97)3)48-58-105(115)106-59-49-88(69-116(106)130)98-41-23-15-31-79(98)4)75-122(112)132-119-72-91(101-44-26-18-34-82(101)7)52-62-109(119)110-63-53-92(73-120(110)132)102-45-27-19-35-83(102)8/h9-75H,1-8H3. The van der Waals surface area contributed by atoms with E-state index in [4.69, 9.17) is 15.0 Å². The Morgan fingerprint density at radius 2 is 0.333 bits per heavy atom. The quantitative estimate of drug-likeness (QED) is 0.103. The third-order valence-electron chi connectivity index (χ3n) is 27.8. The number of fused-ring (bicyclic) bond motifs is 12. The van der Waals surface area contributed by atoms with Gasteiger partial charge in [0.1, 0.15) is 0 Å². The van der Waals surface area contributed by atoms with Crippen molar-refractivity contribution < 1.29 is 0 Å². The van der Waals surface area contributed by atoms with Gasteiger partial charge in [0.25, 0.3) is 0 Å². The van der Waals surface area contributed by atoms with Crippen LogP contribution in [0.4, 0.5) is 0 Å². The van der Waals surface area contributed by atoms with Gasteiger partial charge in [-0.1, -0.05) is 322 Å². The summed E-state index contributed by atoms with van der Waals surface area (Å²) in [7, 11) is 0. The zero-order valence-electron chi connectivity index (χ0n) is 74.8.